The van der Waals surface area contributed by atoms with Crippen LogP contribution in [0.15, 0.2) is 0 Å². The molecule has 0 saturated heterocycles. The van der Waals surface area contributed by atoms with E-state index in [1.807, 2.05) is 0 Å². The minimum absolute atomic E-state index is 0.205. The topological polar surface area (TPSA) is 44.2 Å². The molecule has 2 heterocycles. The van der Waals surface area contributed by atoms with E-state index in [9.17, 15) is 0 Å². The minimum atomic E-state index is 0.205. The zero-order valence-electron chi connectivity index (χ0n) is 6.50. The summed E-state index contributed by atoms with van der Waals surface area (Å²) in [5.74, 6) is 0.516. The maximum atomic E-state index is 5.65. The summed E-state index contributed by atoms with van der Waals surface area (Å²) in [5, 5.41) is 0.205. The molecule has 0 spiro atoms. The molecular formula is C7H7ClN2O2. The van der Waals surface area contributed by atoms with Crippen LogP contribution in [0.1, 0.15) is 11.3 Å². The molecule has 0 unspecified atom stereocenters. The largest absolute Gasteiger partial charge is 0.481 e. The van der Waals surface area contributed by atoms with E-state index in [4.69, 9.17) is 21.1 Å². The van der Waals surface area contributed by atoms with Crippen LogP contribution < -0.4 is 4.74 Å². The molecule has 1 aliphatic heterocycles. The molecule has 0 radical (unpaired) electrons. The monoisotopic (exact) mass is 186 g/mol. The van der Waals surface area contributed by atoms with Crippen LogP contribution in [0.2, 0.25) is 5.28 Å². The first-order valence-electron chi connectivity index (χ1n) is 3.48. The van der Waals surface area contributed by atoms with Crippen LogP contribution in [-0.4, -0.2) is 17.1 Å². The molecule has 1 aromatic rings. The van der Waals surface area contributed by atoms with Gasteiger partial charge in [0.2, 0.25) is 11.2 Å². The third-order valence-corrected chi connectivity index (χ3v) is 1.88. The third kappa shape index (κ3) is 1.13. The summed E-state index contributed by atoms with van der Waals surface area (Å²) in [6, 6.07) is 0. The molecule has 2 rings (SSSR count). The molecule has 0 saturated carbocycles. The lowest BCUT2D eigenvalue weighted by molar-refractivity contribution is 0.132. The fourth-order valence-corrected chi connectivity index (χ4v) is 1.34. The summed E-state index contributed by atoms with van der Waals surface area (Å²) in [6.07, 6.45) is 0. The van der Waals surface area contributed by atoms with Gasteiger partial charge in [-0.15, -0.1) is 0 Å². The van der Waals surface area contributed by atoms with E-state index in [-0.39, 0.29) is 5.28 Å². The molecule has 0 N–H and O–H groups in total. The Kier molecular flexibility index (Phi) is 1.86. The van der Waals surface area contributed by atoms with Crippen molar-refractivity contribution in [3.8, 4) is 5.88 Å². The summed E-state index contributed by atoms with van der Waals surface area (Å²) in [4.78, 5) is 7.93. The number of hydrogen-bond acceptors (Lipinski definition) is 4. The van der Waals surface area contributed by atoms with Gasteiger partial charge in [-0.25, -0.2) is 4.98 Å². The van der Waals surface area contributed by atoms with Gasteiger partial charge in [0.05, 0.1) is 31.6 Å². The average Bonchev–Trinajstić information content (AvgIpc) is 2.50. The van der Waals surface area contributed by atoms with Gasteiger partial charge in [-0.1, -0.05) is 0 Å². The number of methoxy groups -OCH3 is 1. The number of aromatic nitrogens is 2. The molecule has 1 aromatic heterocycles. The van der Waals surface area contributed by atoms with Crippen LogP contribution in [0.4, 0.5) is 0 Å². The quantitative estimate of drug-likeness (QED) is 0.618. The maximum absolute atomic E-state index is 5.65. The summed E-state index contributed by atoms with van der Waals surface area (Å²) < 4.78 is 10.2. The lowest BCUT2D eigenvalue weighted by atomic mass is 10.3. The molecule has 0 fully saturated rings. The highest BCUT2D eigenvalue weighted by Crippen LogP contribution is 2.26. The number of halogens is 1. The van der Waals surface area contributed by atoms with Crippen LogP contribution in [-0.2, 0) is 18.0 Å². The number of rotatable bonds is 1. The average molecular weight is 187 g/mol. The summed E-state index contributed by atoms with van der Waals surface area (Å²) in [5.41, 5.74) is 1.73. The molecule has 64 valence electrons. The van der Waals surface area contributed by atoms with Gasteiger partial charge in [0, 0.05) is 0 Å². The summed E-state index contributed by atoms with van der Waals surface area (Å²) in [7, 11) is 1.55. The van der Waals surface area contributed by atoms with Gasteiger partial charge in [0.25, 0.3) is 0 Å². The van der Waals surface area contributed by atoms with Crippen molar-refractivity contribution in [3.05, 3.63) is 16.5 Å². The number of ether oxygens (including phenoxy) is 2. The highest BCUT2D eigenvalue weighted by molar-refractivity contribution is 6.28. The van der Waals surface area contributed by atoms with Gasteiger partial charge >= 0.3 is 0 Å². The number of fused-ring (bicyclic) bond motifs is 1. The molecule has 12 heavy (non-hydrogen) atoms. The number of hydrogen-bond donors (Lipinski definition) is 0. The van der Waals surface area contributed by atoms with Crippen molar-refractivity contribution in [3.63, 3.8) is 0 Å². The Balaban J connectivity index is 2.55. The fraction of sp³-hybridized carbons (Fsp3) is 0.429. The standard InChI is InChI=1S/C7H7ClN2O2/c1-11-6-4-2-12-3-5(4)9-7(8)10-6/h2-3H2,1H3. The Hall–Kier alpha value is -0.870. The third-order valence-electron chi connectivity index (χ3n) is 1.71. The van der Waals surface area contributed by atoms with E-state index >= 15 is 0 Å². The lowest BCUT2D eigenvalue weighted by Crippen LogP contribution is -1.98. The van der Waals surface area contributed by atoms with Crippen molar-refractivity contribution in [2.75, 3.05) is 7.11 Å². The highest BCUT2D eigenvalue weighted by Gasteiger charge is 2.19. The van der Waals surface area contributed by atoms with Crippen LogP contribution in [0.5, 0.6) is 5.88 Å². The van der Waals surface area contributed by atoms with E-state index in [2.05, 4.69) is 9.97 Å². The SMILES string of the molecule is COc1nc(Cl)nc2c1COC2. The second-order valence-electron chi connectivity index (χ2n) is 2.42. The summed E-state index contributed by atoms with van der Waals surface area (Å²) in [6.45, 7) is 1.00. The molecule has 1 aliphatic rings. The van der Waals surface area contributed by atoms with E-state index in [1.54, 1.807) is 7.11 Å². The maximum Gasteiger partial charge on any atom is 0.225 e. The van der Waals surface area contributed by atoms with Crippen LogP contribution >= 0.6 is 11.6 Å². The predicted octanol–water partition coefficient (Wildman–Crippen LogP) is 1.17. The first-order chi connectivity index (χ1) is 5.81. The fourth-order valence-electron chi connectivity index (χ4n) is 1.16. The molecule has 0 atom stereocenters. The Labute approximate surface area is 74.5 Å². The molecule has 4 nitrogen and oxygen atoms in total. The lowest BCUT2D eigenvalue weighted by Gasteiger charge is -2.03. The second-order valence-corrected chi connectivity index (χ2v) is 2.76. The summed E-state index contributed by atoms with van der Waals surface area (Å²) >= 11 is 5.65. The molecular weight excluding hydrogens is 180 g/mol. The Bertz CT molecular complexity index is 317. The van der Waals surface area contributed by atoms with E-state index in [0.29, 0.717) is 19.1 Å². The molecule has 0 bridgehead atoms. The van der Waals surface area contributed by atoms with Gasteiger partial charge < -0.3 is 9.47 Å². The Morgan fingerprint density at radius 2 is 2.25 bits per heavy atom. The van der Waals surface area contributed by atoms with Crippen molar-refractivity contribution >= 4 is 11.6 Å². The van der Waals surface area contributed by atoms with Gasteiger partial charge in [-0.05, 0) is 11.6 Å². The van der Waals surface area contributed by atoms with Crippen molar-refractivity contribution < 1.29 is 9.47 Å². The molecule has 0 aromatic carbocycles. The first kappa shape index (κ1) is 7.76. The van der Waals surface area contributed by atoms with Crippen molar-refractivity contribution in [1.82, 2.24) is 9.97 Å². The smallest absolute Gasteiger partial charge is 0.225 e. The second kappa shape index (κ2) is 2.88. The Morgan fingerprint density at radius 3 is 3.00 bits per heavy atom. The van der Waals surface area contributed by atoms with Crippen molar-refractivity contribution in [2.24, 2.45) is 0 Å². The minimum Gasteiger partial charge on any atom is -0.481 e. The van der Waals surface area contributed by atoms with E-state index < -0.39 is 0 Å². The van der Waals surface area contributed by atoms with Gasteiger partial charge in [0.15, 0.2) is 0 Å². The van der Waals surface area contributed by atoms with E-state index in [1.165, 1.54) is 0 Å². The van der Waals surface area contributed by atoms with Crippen LogP contribution in [0.25, 0.3) is 0 Å². The van der Waals surface area contributed by atoms with Gasteiger partial charge in [-0.3, -0.25) is 0 Å². The Morgan fingerprint density at radius 1 is 1.42 bits per heavy atom. The molecule has 0 amide bonds. The zero-order valence-corrected chi connectivity index (χ0v) is 7.26. The zero-order chi connectivity index (χ0) is 8.55. The van der Waals surface area contributed by atoms with Crippen LogP contribution in [0, 0.1) is 0 Å². The van der Waals surface area contributed by atoms with Crippen LogP contribution in [0.3, 0.4) is 0 Å². The van der Waals surface area contributed by atoms with Gasteiger partial charge in [-0.2, -0.15) is 4.98 Å². The highest BCUT2D eigenvalue weighted by atomic mass is 35.5. The van der Waals surface area contributed by atoms with Gasteiger partial charge in [0.1, 0.15) is 0 Å². The normalized spacial score (nSPS) is 14.5. The molecule has 5 heteroatoms. The predicted molar refractivity (Wildman–Crippen MR) is 42.1 cm³/mol. The molecule has 0 aliphatic carbocycles. The number of nitrogens with zero attached hydrogens (tertiary/aromatic N) is 2. The van der Waals surface area contributed by atoms with E-state index in [0.717, 1.165) is 11.3 Å². The van der Waals surface area contributed by atoms with Crippen molar-refractivity contribution in [1.29, 1.82) is 0 Å². The van der Waals surface area contributed by atoms with Crippen molar-refractivity contribution in [2.45, 2.75) is 13.2 Å². The first-order valence-corrected chi connectivity index (χ1v) is 3.86.